The Hall–Kier alpha value is -1.83. The molecule has 1 nitrogen and oxygen atoms in total. The summed E-state index contributed by atoms with van der Waals surface area (Å²) in [6.07, 6.45) is 15.2. The van der Waals surface area contributed by atoms with Crippen LogP contribution in [-0.2, 0) is 0 Å². The van der Waals surface area contributed by atoms with Crippen molar-refractivity contribution in [2.45, 2.75) is 77.0 Å². The van der Waals surface area contributed by atoms with E-state index >= 15 is 4.39 Å². The number of halogens is 1. The van der Waals surface area contributed by atoms with E-state index in [-0.39, 0.29) is 5.82 Å². The smallest absolute Gasteiger partial charge is 0.134 e. The van der Waals surface area contributed by atoms with Crippen molar-refractivity contribution in [3.63, 3.8) is 0 Å². The van der Waals surface area contributed by atoms with Gasteiger partial charge in [0.1, 0.15) is 11.6 Å². The molecular weight excluding hydrogens is 371 g/mol. The second-order valence-electron chi connectivity index (χ2n) is 9.60. The minimum Gasteiger partial charge on any atom is -0.494 e. The van der Waals surface area contributed by atoms with Crippen LogP contribution in [0.25, 0.3) is 10.8 Å². The van der Waals surface area contributed by atoms with Crippen molar-refractivity contribution in [1.82, 2.24) is 0 Å². The van der Waals surface area contributed by atoms with Crippen LogP contribution in [0.5, 0.6) is 5.75 Å². The lowest BCUT2D eigenvalue weighted by Gasteiger charge is -2.31. The summed E-state index contributed by atoms with van der Waals surface area (Å²) in [5, 5.41) is 1.66. The lowest BCUT2D eigenvalue weighted by atomic mass is 9.74. The molecule has 2 aliphatic carbocycles. The summed E-state index contributed by atoms with van der Waals surface area (Å²) in [7, 11) is 0. The Kier molecular flexibility index (Phi) is 7.12. The zero-order valence-corrected chi connectivity index (χ0v) is 18.5. The highest BCUT2D eigenvalue weighted by atomic mass is 19.1. The summed E-state index contributed by atoms with van der Waals surface area (Å²) >= 11 is 0. The first-order chi connectivity index (χ1) is 14.7. The van der Waals surface area contributed by atoms with Gasteiger partial charge in [-0.05, 0) is 111 Å². The number of rotatable bonds is 7. The average molecular weight is 409 g/mol. The highest BCUT2D eigenvalue weighted by molar-refractivity contribution is 5.85. The molecule has 0 radical (unpaired) electrons. The molecule has 0 heterocycles. The largest absolute Gasteiger partial charge is 0.494 e. The normalized spacial score (nSPS) is 27.1. The van der Waals surface area contributed by atoms with Gasteiger partial charge in [0.25, 0.3) is 0 Å². The van der Waals surface area contributed by atoms with Gasteiger partial charge in [0.2, 0.25) is 0 Å². The number of hydrogen-bond acceptors (Lipinski definition) is 1. The van der Waals surface area contributed by atoms with E-state index in [0.717, 1.165) is 52.7 Å². The van der Waals surface area contributed by atoms with Crippen molar-refractivity contribution < 1.29 is 9.13 Å². The fourth-order valence-corrected chi connectivity index (χ4v) is 5.80. The Morgan fingerprint density at radius 2 is 1.60 bits per heavy atom. The number of benzene rings is 2. The molecule has 162 valence electrons. The van der Waals surface area contributed by atoms with Crippen LogP contribution in [0.2, 0.25) is 0 Å². The molecule has 2 aliphatic rings. The maximum absolute atomic E-state index is 15.3. The predicted octanol–water partition coefficient (Wildman–Crippen LogP) is 8.42. The van der Waals surface area contributed by atoms with Gasteiger partial charge in [-0.15, -0.1) is 6.58 Å². The van der Waals surface area contributed by atoms with Crippen molar-refractivity contribution >= 4 is 10.8 Å². The Morgan fingerprint density at radius 3 is 2.23 bits per heavy atom. The molecule has 2 fully saturated rings. The van der Waals surface area contributed by atoms with E-state index in [1.807, 2.05) is 31.2 Å². The lowest BCUT2D eigenvalue weighted by molar-refractivity contribution is 0.245. The van der Waals surface area contributed by atoms with Gasteiger partial charge in [0, 0.05) is 5.39 Å². The standard InChI is InChI=1S/C28H37FO/c1-3-20-5-7-21(8-6-20)9-10-22-11-13-23(14-12-22)26-17-15-24-19-25(30-4-2)16-18-27(24)28(26)29/h3,15-23H,1,4-14H2,2H3. The number of fused-ring (bicyclic) bond motifs is 1. The SMILES string of the molecule is C=CC1CCC(CCC2CCC(c3ccc4cc(OCC)ccc4c3F)CC2)CC1. The summed E-state index contributed by atoms with van der Waals surface area (Å²) in [6, 6.07) is 9.81. The molecule has 0 N–H and O–H groups in total. The number of ether oxygens (including phenoxy) is 1. The third kappa shape index (κ3) is 4.90. The highest BCUT2D eigenvalue weighted by Gasteiger charge is 2.26. The maximum Gasteiger partial charge on any atom is 0.134 e. The Balaban J connectivity index is 1.31. The van der Waals surface area contributed by atoms with E-state index < -0.39 is 0 Å². The third-order valence-corrected chi connectivity index (χ3v) is 7.76. The highest BCUT2D eigenvalue weighted by Crippen LogP contribution is 2.41. The predicted molar refractivity (Wildman–Crippen MR) is 125 cm³/mol. The van der Waals surface area contributed by atoms with Gasteiger partial charge in [-0.1, -0.05) is 31.1 Å². The first kappa shape index (κ1) is 21.4. The van der Waals surface area contributed by atoms with Gasteiger partial charge in [0.05, 0.1) is 6.61 Å². The molecule has 30 heavy (non-hydrogen) atoms. The first-order valence-corrected chi connectivity index (χ1v) is 12.2. The van der Waals surface area contributed by atoms with Crippen LogP contribution in [0.3, 0.4) is 0 Å². The van der Waals surface area contributed by atoms with E-state index in [4.69, 9.17) is 4.74 Å². The van der Waals surface area contributed by atoms with Gasteiger partial charge in [0.15, 0.2) is 0 Å². The lowest BCUT2D eigenvalue weighted by Crippen LogP contribution is -2.17. The molecule has 2 saturated carbocycles. The minimum absolute atomic E-state index is 0.0158. The van der Waals surface area contributed by atoms with Crippen LogP contribution in [0.4, 0.5) is 4.39 Å². The zero-order chi connectivity index (χ0) is 20.9. The fraction of sp³-hybridized carbons (Fsp3) is 0.571. The summed E-state index contributed by atoms with van der Waals surface area (Å²) in [5.41, 5.74) is 0.924. The van der Waals surface area contributed by atoms with E-state index in [0.29, 0.717) is 12.5 Å². The van der Waals surface area contributed by atoms with Gasteiger partial charge >= 0.3 is 0 Å². The molecule has 2 heteroatoms. The van der Waals surface area contributed by atoms with Crippen molar-refractivity contribution in [3.05, 3.63) is 54.4 Å². The first-order valence-electron chi connectivity index (χ1n) is 12.2. The molecular formula is C28H37FO. The van der Waals surface area contributed by atoms with Crippen molar-refractivity contribution in [2.75, 3.05) is 6.61 Å². The van der Waals surface area contributed by atoms with E-state index in [9.17, 15) is 0 Å². The Bertz CT molecular complexity index is 841. The molecule has 4 rings (SSSR count). The topological polar surface area (TPSA) is 9.23 Å². The van der Waals surface area contributed by atoms with Crippen LogP contribution in [0.1, 0.15) is 82.6 Å². The Labute approximate surface area is 181 Å². The van der Waals surface area contributed by atoms with Crippen LogP contribution in [0.15, 0.2) is 43.0 Å². The van der Waals surface area contributed by atoms with E-state index in [1.165, 1.54) is 51.4 Å². The molecule has 0 aliphatic heterocycles. The van der Waals surface area contributed by atoms with Crippen LogP contribution >= 0.6 is 0 Å². The fourth-order valence-electron chi connectivity index (χ4n) is 5.80. The molecule has 0 unspecified atom stereocenters. The molecule has 0 amide bonds. The van der Waals surface area contributed by atoms with E-state index in [1.54, 1.807) is 0 Å². The second kappa shape index (κ2) is 9.98. The zero-order valence-electron chi connectivity index (χ0n) is 18.5. The molecule has 2 aromatic rings. The minimum atomic E-state index is -0.0158. The summed E-state index contributed by atoms with van der Waals surface area (Å²) < 4.78 is 20.8. The quantitative estimate of drug-likeness (QED) is 0.418. The van der Waals surface area contributed by atoms with Gasteiger partial charge in [-0.25, -0.2) is 4.39 Å². The molecule has 0 aromatic heterocycles. The van der Waals surface area contributed by atoms with Crippen molar-refractivity contribution in [3.8, 4) is 5.75 Å². The van der Waals surface area contributed by atoms with Crippen molar-refractivity contribution in [2.24, 2.45) is 17.8 Å². The molecule has 0 atom stereocenters. The maximum atomic E-state index is 15.3. The monoisotopic (exact) mass is 408 g/mol. The van der Waals surface area contributed by atoms with Crippen LogP contribution < -0.4 is 4.74 Å². The summed E-state index contributed by atoms with van der Waals surface area (Å²) in [6.45, 7) is 6.56. The third-order valence-electron chi connectivity index (χ3n) is 7.76. The van der Waals surface area contributed by atoms with Crippen LogP contribution in [0, 0.1) is 23.6 Å². The van der Waals surface area contributed by atoms with E-state index in [2.05, 4.69) is 18.7 Å². The van der Waals surface area contributed by atoms with Gasteiger partial charge in [-0.3, -0.25) is 0 Å². The second-order valence-corrected chi connectivity index (χ2v) is 9.60. The van der Waals surface area contributed by atoms with Gasteiger partial charge < -0.3 is 4.74 Å². The number of allylic oxidation sites excluding steroid dienone is 1. The molecule has 0 bridgehead atoms. The summed E-state index contributed by atoms with van der Waals surface area (Å²) in [4.78, 5) is 0. The average Bonchev–Trinajstić information content (AvgIpc) is 2.79. The summed E-state index contributed by atoms with van der Waals surface area (Å²) in [5.74, 6) is 3.71. The molecule has 2 aromatic carbocycles. The van der Waals surface area contributed by atoms with Gasteiger partial charge in [-0.2, -0.15) is 0 Å². The van der Waals surface area contributed by atoms with Crippen LogP contribution in [-0.4, -0.2) is 6.61 Å². The molecule has 0 saturated heterocycles. The number of hydrogen-bond donors (Lipinski definition) is 0. The molecule has 0 spiro atoms. The van der Waals surface area contributed by atoms with Crippen molar-refractivity contribution in [1.29, 1.82) is 0 Å². The Morgan fingerprint density at radius 1 is 0.933 bits per heavy atom.